The zero-order valence-electron chi connectivity index (χ0n) is 12.9. The van der Waals surface area contributed by atoms with Gasteiger partial charge in [-0.2, -0.15) is 0 Å². The van der Waals surface area contributed by atoms with Crippen LogP contribution in [0.5, 0.6) is 0 Å². The zero-order chi connectivity index (χ0) is 15.2. The summed E-state index contributed by atoms with van der Waals surface area (Å²) in [5.41, 5.74) is -0.493. The molecular weight excluding hydrogens is 262 g/mol. The highest BCUT2D eigenvalue weighted by molar-refractivity contribution is 5.68. The molecular formula is C14H27NO5. The third-order valence-corrected chi connectivity index (χ3v) is 3.22. The van der Waals surface area contributed by atoms with E-state index in [4.69, 9.17) is 14.2 Å². The number of amides is 1. The molecule has 6 heteroatoms. The van der Waals surface area contributed by atoms with Crippen LogP contribution in [0.25, 0.3) is 0 Å². The maximum Gasteiger partial charge on any atom is 0.410 e. The fourth-order valence-corrected chi connectivity index (χ4v) is 2.30. The second kappa shape index (κ2) is 7.81. The van der Waals surface area contributed by atoms with Crippen LogP contribution in [-0.4, -0.2) is 61.4 Å². The Labute approximate surface area is 121 Å². The molecule has 6 nitrogen and oxygen atoms in total. The lowest BCUT2D eigenvalue weighted by Gasteiger charge is -2.36. The van der Waals surface area contributed by atoms with Crippen molar-refractivity contribution in [3.63, 3.8) is 0 Å². The second-order valence-corrected chi connectivity index (χ2v) is 6.12. The van der Waals surface area contributed by atoms with Crippen LogP contribution in [0.4, 0.5) is 4.79 Å². The SMILES string of the molecule is COCOC(CO)[C@@H]1CCCN(C(=O)OC(C)(C)C)C1. The lowest BCUT2D eigenvalue weighted by molar-refractivity contribution is -0.115. The van der Waals surface area contributed by atoms with Gasteiger partial charge in [-0.05, 0) is 33.6 Å². The van der Waals surface area contributed by atoms with Crippen molar-refractivity contribution in [3.05, 3.63) is 0 Å². The van der Waals surface area contributed by atoms with Gasteiger partial charge < -0.3 is 24.2 Å². The molecule has 0 radical (unpaired) electrons. The molecule has 0 aromatic rings. The van der Waals surface area contributed by atoms with Crippen LogP contribution >= 0.6 is 0 Å². The van der Waals surface area contributed by atoms with Gasteiger partial charge in [0.1, 0.15) is 12.4 Å². The van der Waals surface area contributed by atoms with E-state index in [0.717, 1.165) is 12.8 Å². The van der Waals surface area contributed by atoms with Gasteiger partial charge in [-0.3, -0.25) is 0 Å². The predicted molar refractivity (Wildman–Crippen MR) is 74.4 cm³/mol. The fourth-order valence-electron chi connectivity index (χ4n) is 2.30. The summed E-state index contributed by atoms with van der Waals surface area (Å²) in [6.07, 6.45) is 1.20. The quantitative estimate of drug-likeness (QED) is 0.779. The molecule has 0 bridgehead atoms. The number of aliphatic hydroxyl groups is 1. The van der Waals surface area contributed by atoms with E-state index in [9.17, 15) is 9.90 Å². The first-order valence-electron chi connectivity index (χ1n) is 7.06. The van der Waals surface area contributed by atoms with Crippen LogP contribution in [0.15, 0.2) is 0 Å². The second-order valence-electron chi connectivity index (χ2n) is 6.12. The Morgan fingerprint density at radius 2 is 2.15 bits per heavy atom. The number of hydrogen-bond donors (Lipinski definition) is 1. The molecule has 0 saturated carbocycles. The maximum absolute atomic E-state index is 12.1. The highest BCUT2D eigenvalue weighted by Crippen LogP contribution is 2.23. The van der Waals surface area contributed by atoms with Crippen LogP contribution < -0.4 is 0 Å². The van der Waals surface area contributed by atoms with E-state index >= 15 is 0 Å². The molecule has 1 amide bonds. The maximum atomic E-state index is 12.1. The summed E-state index contributed by atoms with van der Waals surface area (Å²) in [5, 5.41) is 9.40. The first kappa shape index (κ1) is 17.2. The smallest absolute Gasteiger partial charge is 0.410 e. The average molecular weight is 289 g/mol. The summed E-state index contributed by atoms with van der Waals surface area (Å²) < 4.78 is 15.7. The third-order valence-electron chi connectivity index (χ3n) is 3.22. The number of likely N-dealkylation sites (tertiary alicyclic amines) is 1. The molecule has 118 valence electrons. The van der Waals surface area contributed by atoms with Gasteiger partial charge >= 0.3 is 6.09 Å². The van der Waals surface area contributed by atoms with Gasteiger partial charge in [0.05, 0.1) is 12.7 Å². The molecule has 0 aliphatic carbocycles. The lowest BCUT2D eigenvalue weighted by atomic mass is 9.93. The van der Waals surface area contributed by atoms with Gasteiger partial charge in [0, 0.05) is 26.1 Å². The van der Waals surface area contributed by atoms with Gasteiger partial charge in [0.25, 0.3) is 0 Å². The van der Waals surface area contributed by atoms with Gasteiger partial charge in [-0.15, -0.1) is 0 Å². The van der Waals surface area contributed by atoms with Crippen LogP contribution in [0.2, 0.25) is 0 Å². The first-order chi connectivity index (χ1) is 9.37. The van der Waals surface area contributed by atoms with E-state index in [1.54, 1.807) is 12.0 Å². The molecule has 1 heterocycles. The molecule has 1 fully saturated rings. The lowest BCUT2D eigenvalue weighted by Crippen LogP contribution is -2.46. The van der Waals surface area contributed by atoms with E-state index in [2.05, 4.69) is 0 Å². The van der Waals surface area contributed by atoms with Crippen molar-refractivity contribution in [2.24, 2.45) is 5.92 Å². The topological polar surface area (TPSA) is 68.2 Å². The molecule has 0 aromatic heterocycles. The number of methoxy groups -OCH3 is 1. The van der Waals surface area contributed by atoms with Crippen LogP contribution in [0.3, 0.4) is 0 Å². The molecule has 0 spiro atoms. The van der Waals surface area contributed by atoms with E-state index in [0.29, 0.717) is 13.1 Å². The minimum atomic E-state index is -0.493. The van der Waals surface area contributed by atoms with Gasteiger partial charge in [-0.25, -0.2) is 4.79 Å². The molecule has 1 N–H and O–H groups in total. The molecule has 2 atom stereocenters. The molecule has 1 saturated heterocycles. The summed E-state index contributed by atoms with van der Waals surface area (Å²) in [7, 11) is 1.54. The van der Waals surface area contributed by atoms with E-state index in [-0.39, 0.29) is 31.5 Å². The number of piperidine rings is 1. The van der Waals surface area contributed by atoms with Gasteiger partial charge in [0.2, 0.25) is 0 Å². The number of rotatable bonds is 5. The van der Waals surface area contributed by atoms with Crippen LogP contribution in [0.1, 0.15) is 33.6 Å². The Kier molecular flexibility index (Phi) is 6.71. The summed E-state index contributed by atoms with van der Waals surface area (Å²) in [4.78, 5) is 13.8. The Bertz CT molecular complexity index is 302. The van der Waals surface area contributed by atoms with Crippen molar-refractivity contribution < 1.29 is 24.1 Å². The van der Waals surface area contributed by atoms with Gasteiger partial charge in [-0.1, -0.05) is 0 Å². The normalized spacial score (nSPS) is 21.6. The Balaban J connectivity index is 2.54. The number of carbonyl (C=O) groups excluding carboxylic acids is 1. The number of hydrogen-bond acceptors (Lipinski definition) is 5. The Morgan fingerprint density at radius 1 is 1.45 bits per heavy atom. The fraction of sp³-hybridized carbons (Fsp3) is 0.929. The molecule has 1 aliphatic rings. The Morgan fingerprint density at radius 3 is 2.70 bits per heavy atom. The standard InChI is InChI=1S/C14H27NO5/c1-14(2,3)20-13(17)15-7-5-6-11(8-15)12(9-16)19-10-18-4/h11-12,16H,5-10H2,1-4H3/t11-,12?/m1/s1. The van der Waals surface area contributed by atoms with Crippen molar-refractivity contribution in [1.82, 2.24) is 4.90 Å². The van der Waals surface area contributed by atoms with Crippen molar-refractivity contribution in [3.8, 4) is 0 Å². The van der Waals surface area contributed by atoms with Crippen molar-refractivity contribution in [2.45, 2.75) is 45.3 Å². The van der Waals surface area contributed by atoms with Crippen molar-refractivity contribution in [1.29, 1.82) is 0 Å². The number of carbonyl (C=O) groups is 1. The van der Waals surface area contributed by atoms with E-state index in [1.165, 1.54) is 0 Å². The zero-order valence-corrected chi connectivity index (χ0v) is 12.9. The molecule has 20 heavy (non-hydrogen) atoms. The molecule has 1 unspecified atom stereocenters. The molecule has 0 aromatic carbocycles. The number of ether oxygens (including phenoxy) is 3. The van der Waals surface area contributed by atoms with E-state index < -0.39 is 5.60 Å². The van der Waals surface area contributed by atoms with Crippen molar-refractivity contribution >= 4 is 6.09 Å². The minimum Gasteiger partial charge on any atom is -0.444 e. The summed E-state index contributed by atoms with van der Waals surface area (Å²) in [6.45, 7) is 6.86. The summed E-state index contributed by atoms with van der Waals surface area (Å²) in [5.74, 6) is 0.108. The van der Waals surface area contributed by atoms with Crippen LogP contribution in [0, 0.1) is 5.92 Å². The Hall–Kier alpha value is -0.850. The first-order valence-corrected chi connectivity index (χ1v) is 7.06. The predicted octanol–water partition coefficient (Wildman–Crippen LogP) is 1.61. The van der Waals surface area contributed by atoms with Gasteiger partial charge in [0.15, 0.2) is 0 Å². The largest absolute Gasteiger partial charge is 0.444 e. The van der Waals surface area contributed by atoms with Crippen LogP contribution in [-0.2, 0) is 14.2 Å². The minimum absolute atomic E-state index is 0.0732. The number of aliphatic hydroxyl groups excluding tert-OH is 1. The highest BCUT2D eigenvalue weighted by atomic mass is 16.7. The third kappa shape index (κ3) is 5.64. The monoisotopic (exact) mass is 289 g/mol. The van der Waals surface area contributed by atoms with Crippen molar-refractivity contribution in [2.75, 3.05) is 33.6 Å². The average Bonchev–Trinajstić information content (AvgIpc) is 2.38. The molecule has 1 aliphatic heterocycles. The summed E-state index contributed by atoms with van der Waals surface area (Å²) >= 11 is 0. The highest BCUT2D eigenvalue weighted by Gasteiger charge is 2.31. The molecule has 1 rings (SSSR count). The summed E-state index contributed by atoms with van der Waals surface area (Å²) in [6, 6.07) is 0. The number of nitrogens with zero attached hydrogens (tertiary/aromatic N) is 1. The van der Waals surface area contributed by atoms with E-state index in [1.807, 2.05) is 20.8 Å².